The first kappa shape index (κ1) is 18.8. The Kier molecular flexibility index (Phi) is 5.61. The van der Waals surface area contributed by atoms with Crippen LogP contribution in [-0.4, -0.2) is 28.3 Å². The second-order valence-electron chi connectivity index (χ2n) is 7.05. The number of nitrogens with zero attached hydrogens (tertiary/aromatic N) is 3. The lowest BCUT2D eigenvalue weighted by Gasteiger charge is -2.17. The predicted octanol–water partition coefficient (Wildman–Crippen LogP) is 3.64. The van der Waals surface area contributed by atoms with Gasteiger partial charge in [0.25, 0.3) is 5.91 Å². The quantitative estimate of drug-likeness (QED) is 0.702. The Bertz CT molecular complexity index is 1010. The summed E-state index contributed by atoms with van der Waals surface area (Å²) >= 11 is 0. The Morgan fingerprint density at radius 3 is 2.62 bits per heavy atom. The number of rotatable bonds is 6. The van der Waals surface area contributed by atoms with E-state index >= 15 is 0 Å². The Morgan fingerprint density at radius 2 is 1.86 bits per heavy atom. The third-order valence-electron chi connectivity index (χ3n) is 5.00. The minimum atomic E-state index is -0.0518. The van der Waals surface area contributed by atoms with E-state index in [0.29, 0.717) is 18.5 Å². The molecule has 0 unspecified atom stereocenters. The number of benzene rings is 1. The zero-order valence-electron chi connectivity index (χ0n) is 16.0. The number of amides is 2. The van der Waals surface area contributed by atoms with Crippen LogP contribution < -0.4 is 10.2 Å². The fourth-order valence-corrected chi connectivity index (χ4v) is 3.56. The van der Waals surface area contributed by atoms with E-state index in [9.17, 15) is 9.59 Å². The van der Waals surface area contributed by atoms with Crippen LogP contribution in [0.15, 0.2) is 67.3 Å². The number of anilines is 2. The van der Waals surface area contributed by atoms with Gasteiger partial charge in [-0.05, 0) is 66.8 Å². The van der Waals surface area contributed by atoms with Gasteiger partial charge < -0.3 is 10.2 Å². The van der Waals surface area contributed by atoms with Crippen molar-refractivity contribution in [1.82, 2.24) is 9.97 Å². The van der Waals surface area contributed by atoms with E-state index in [1.807, 2.05) is 36.5 Å². The molecule has 2 amide bonds. The van der Waals surface area contributed by atoms with Crippen LogP contribution in [-0.2, 0) is 17.6 Å². The van der Waals surface area contributed by atoms with Crippen molar-refractivity contribution >= 4 is 23.2 Å². The van der Waals surface area contributed by atoms with E-state index in [1.54, 1.807) is 35.6 Å². The lowest BCUT2D eigenvalue weighted by atomic mass is 10.1. The SMILES string of the molecule is O=C(CCCc1cccnc1)Nc1ccc2c(c1)CCN2C(=O)c1cccnc1. The van der Waals surface area contributed by atoms with E-state index in [0.717, 1.165) is 41.8 Å². The zero-order chi connectivity index (χ0) is 20.1. The normalized spacial score (nSPS) is 12.5. The number of aryl methyl sites for hydroxylation is 1. The highest BCUT2D eigenvalue weighted by Crippen LogP contribution is 2.31. The number of carbonyl (C=O) groups is 2. The first-order chi connectivity index (χ1) is 14.2. The van der Waals surface area contributed by atoms with Crippen molar-refractivity contribution in [2.24, 2.45) is 0 Å². The molecule has 1 aliphatic rings. The van der Waals surface area contributed by atoms with Gasteiger partial charge in [-0.15, -0.1) is 0 Å². The second kappa shape index (κ2) is 8.65. The molecule has 4 rings (SSSR count). The molecule has 0 atom stereocenters. The van der Waals surface area contributed by atoms with Crippen molar-refractivity contribution in [3.8, 4) is 0 Å². The van der Waals surface area contributed by atoms with Gasteiger partial charge in [-0.25, -0.2) is 0 Å². The van der Waals surface area contributed by atoms with E-state index in [4.69, 9.17) is 0 Å². The maximum absolute atomic E-state index is 12.7. The van der Waals surface area contributed by atoms with Gasteiger partial charge in [-0.2, -0.15) is 0 Å². The van der Waals surface area contributed by atoms with Gasteiger partial charge in [0.15, 0.2) is 0 Å². The fourth-order valence-electron chi connectivity index (χ4n) is 3.56. The molecule has 6 heteroatoms. The van der Waals surface area contributed by atoms with Crippen LogP contribution in [0.4, 0.5) is 11.4 Å². The summed E-state index contributed by atoms with van der Waals surface area (Å²) in [7, 11) is 0. The Labute approximate surface area is 169 Å². The van der Waals surface area contributed by atoms with Crippen molar-refractivity contribution in [3.63, 3.8) is 0 Å². The Hall–Kier alpha value is -3.54. The van der Waals surface area contributed by atoms with Gasteiger partial charge in [-0.3, -0.25) is 19.6 Å². The molecule has 29 heavy (non-hydrogen) atoms. The third-order valence-corrected chi connectivity index (χ3v) is 5.00. The summed E-state index contributed by atoms with van der Waals surface area (Å²) in [6.45, 7) is 0.631. The summed E-state index contributed by atoms with van der Waals surface area (Å²) in [6.07, 6.45) is 9.64. The first-order valence-corrected chi connectivity index (χ1v) is 9.74. The van der Waals surface area contributed by atoms with Crippen molar-refractivity contribution in [1.29, 1.82) is 0 Å². The van der Waals surface area contributed by atoms with Gasteiger partial charge in [0, 0.05) is 49.1 Å². The zero-order valence-corrected chi connectivity index (χ0v) is 16.0. The average Bonchev–Trinajstić information content (AvgIpc) is 3.18. The number of carbonyl (C=O) groups excluding carboxylic acids is 2. The van der Waals surface area contributed by atoms with Crippen LogP contribution in [0.1, 0.15) is 34.3 Å². The molecule has 0 fully saturated rings. The molecule has 0 spiro atoms. The summed E-state index contributed by atoms with van der Waals surface area (Å²) in [5, 5.41) is 2.97. The Balaban J connectivity index is 1.35. The van der Waals surface area contributed by atoms with Crippen molar-refractivity contribution in [2.45, 2.75) is 25.7 Å². The smallest absolute Gasteiger partial charge is 0.259 e. The van der Waals surface area contributed by atoms with Crippen LogP contribution in [0.3, 0.4) is 0 Å². The van der Waals surface area contributed by atoms with Crippen LogP contribution >= 0.6 is 0 Å². The molecule has 3 aromatic rings. The van der Waals surface area contributed by atoms with Gasteiger partial charge >= 0.3 is 0 Å². The van der Waals surface area contributed by atoms with Gasteiger partial charge in [0.05, 0.1) is 5.56 Å². The summed E-state index contributed by atoms with van der Waals surface area (Å²) in [5.41, 5.74) is 4.44. The summed E-state index contributed by atoms with van der Waals surface area (Å²) in [5.74, 6) is -0.0563. The monoisotopic (exact) mass is 386 g/mol. The minimum Gasteiger partial charge on any atom is -0.326 e. The Morgan fingerprint density at radius 1 is 1.03 bits per heavy atom. The summed E-state index contributed by atoms with van der Waals surface area (Å²) < 4.78 is 0. The van der Waals surface area contributed by atoms with Gasteiger partial charge in [0.1, 0.15) is 0 Å². The average molecular weight is 386 g/mol. The number of nitrogens with one attached hydrogen (secondary N) is 1. The molecule has 146 valence electrons. The minimum absolute atomic E-state index is 0.00451. The lowest BCUT2D eigenvalue weighted by Crippen LogP contribution is -2.28. The number of hydrogen-bond donors (Lipinski definition) is 1. The van der Waals surface area contributed by atoms with Gasteiger partial charge in [-0.1, -0.05) is 6.07 Å². The fraction of sp³-hybridized carbons (Fsp3) is 0.217. The molecule has 3 heterocycles. The molecule has 0 saturated carbocycles. The lowest BCUT2D eigenvalue weighted by molar-refractivity contribution is -0.116. The number of pyridine rings is 2. The van der Waals surface area contributed by atoms with Crippen LogP contribution in [0.25, 0.3) is 0 Å². The van der Waals surface area contributed by atoms with Crippen LogP contribution in [0, 0.1) is 0 Å². The molecule has 1 aromatic carbocycles. The molecule has 0 aliphatic carbocycles. The largest absolute Gasteiger partial charge is 0.326 e. The third kappa shape index (κ3) is 4.48. The molecule has 0 bridgehead atoms. The topological polar surface area (TPSA) is 75.2 Å². The van der Waals surface area contributed by atoms with Crippen molar-refractivity contribution < 1.29 is 9.59 Å². The molecule has 1 aliphatic heterocycles. The van der Waals surface area contributed by atoms with E-state index < -0.39 is 0 Å². The highest BCUT2D eigenvalue weighted by Gasteiger charge is 2.26. The highest BCUT2D eigenvalue weighted by molar-refractivity contribution is 6.07. The van der Waals surface area contributed by atoms with E-state index in [-0.39, 0.29) is 11.8 Å². The molecule has 2 aromatic heterocycles. The molecule has 6 nitrogen and oxygen atoms in total. The standard InChI is InChI=1S/C23H22N4O2/c28-22(7-1-4-17-5-2-11-24-15-17)26-20-8-9-21-18(14-20)10-13-27(21)23(29)19-6-3-12-25-16-19/h2-3,5-6,8-9,11-12,14-16H,1,4,7,10,13H2,(H,26,28). The van der Waals surface area contributed by atoms with Crippen molar-refractivity contribution in [3.05, 3.63) is 83.9 Å². The molecule has 1 N–H and O–H groups in total. The number of hydrogen-bond acceptors (Lipinski definition) is 4. The predicted molar refractivity (Wildman–Crippen MR) is 112 cm³/mol. The summed E-state index contributed by atoms with van der Waals surface area (Å²) in [6, 6.07) is 13.2. The first-order valence-electron chi connectivity index (χ1n) is 9.74. The van der Waals surface area contributed by atoms with E-state index in [2.05, 4.69) is 15.3 Å². The summed E-state index contributed by atoms with van der Waals surface area (Å²) in [4.78, 5) is 34.9. The van der Waals surface area contributed by atoms with E-state index in [1.165, 1.54) is 0 Å². The maximum Gasteiger partial charge on any atom is 0.259 e. The second-order valence-corrected chi connectivity index (χ2v) is 7.05. The highest BCUT2D eigenvalue weighted by atomic mass is 16.2. The van der Waals surface area contributed by atoms with Crippen LogP contribution in [0.5, 0.6) is 0 Å². The maximum atomic E-state index is 12.7. The molecule has 0 radical (unpaired) electrons. The van der Waals surface area contributed by atoms with Gasteiger partial charge in [0.2, 0.25) is 5.91 Å². The number of fused-ring (bicyclic) bond motifs is 1. The van der Waals surface area contributed by atoms with Crippen molar-refractivity contribution in [2.75, 3.05) is 16.8 Å². The molecule has 0 saturated heterocycles. The van der Waals surface area contributed by atoms with Crippen LogP contribution in [0.2, 0.25) is 0 Å². The molecular formula is C23H22N4O2. The molecular weight excluding hydrogens is 364 g/mol. The number of aromatic nitrogens is 2.